The zero-order valence-electron chi connectivity index (χ0n) is 21.5. The second kappa shape index (κ2) is 10.5. The number of alkyl halides is 3. The Hall–Kier alpha value is -4.52. The summed E-state index contributed by atoms with van der Waals surface area (Å²) >= 11 is 11.5. The van der Waals surface area contributed by atoms with Gasteiger partial charge < -0.3 is 15.3 Å². The molecule has 206 valence electrons. The molecule has 1 saturated carbocycles. The highest BCUT2D eigenvalue weighted by molar-refractivity contribution is 7.81. The van der Waals surface area contributed by atoms with E-state index in [1.165, 1.54) is 6.07 Å². The molecule has 1 aliphatic heterocycles. The molecule has 2 aliphatic rings. The minimum Gasteiger partial charge on any atom is -0.508 e. The van der Waals surface area contributed by atoms with E-state index < -0.39 is 22.8 Å². The molecule has 5 rings (SSSR count). The van der Waals surface area contributed by atoms with Gasteiger partial charge in [0.2, 0.25) is 0 Å². The van der Waals surface area contributed by atoms with Crippen molar-refractivity contribution in [2.75, 3.05) is 15.1 Å². The molecule has 0 unspecified atom stereocenters. The summed E-state index contributed by atoms with van der Waals surface area (Å²) in [5.41, 5.74) is 0.400. The minimum absolute atomic E-state index is 0.0353. The van der Waals surface area contributed by atoms with Crippen molar-refractivity contribution in [2.45, 2.75) is 37.9 Å². The van der Waals surface area contributed by atoms with E-state index in [4.69, 9.17) is 41.3 Å². The normalized spacial score (nSPS) is 16.8. The molecule has 7 nitrogen and oxygen atoms in total. The average Bonchev–Trinajstić information content (AvgIpc) is 3.16. The van der Waals surface area contributed by atoms with Crippen LogP contribution in [0.1, 0.15) is 36.0 Å². The Balaban J connectivity index is 1.60. The van der Waals surface area contributed by atoms with Crippen molar-refractivity contribution in [1.82, 2.24) is 0 Å². The van der Waals surface area contributed by atoms with Crippen molar-refractivity contribution in [3.05, 3.63) is 88.8 Å². The summed E-state index contributed by atoms with van der Waals surface area (Å²) in [6, 6.07) is 16.7. The predicted octanol–water partition coefficient (Wildman–Crippen LogP) is 7.47. The van der Waals surface area contributed by atoms with E-state index in [1.807, 2.05) is 17.9 Å². The van der Waals surface area contributed by atoms with E-state index in [2.05, 4.69) is 10.2 Å². The van der Waals surface area contributed by atoms with Gasteiger partial charge in [0.1, 0.15) is 17.1 Å². The number of nitrogens with zero attached hydrogens (tertiary/aromatic N) is 5. The lowest BCUT2D eigenvalue weighted by Crippen LogP contribution is -2.55. The van der Waals surface area contributed by atoms with Gasteiger partial charge in [-0.3, -0.25) is 4.90 Å². The highest BCUT2D eigenvalue weighted by Gasteiger charge is 2.58. The Morgan fingerprint density at radius 1 is 1.12 bits per heavy atom. The van der Waals surface area contributed by atoms with Crippen LogP contribution in [0.25, 0.3) is 4.85 Å². The van der Waals surface area contributed by atoms with Crippen LogP contribution in [0.3, 0.4) is 0 Å². The number of thiocarbonyl (C=S) groups is 2. The molecular weight excluding hydrogens is 569 g/mol. The lowest BCUT2D eigenvalue weighted by atomic mass is 9.74. The van der Waals surface area contributed by atoms with E-state index in [0.29, 0.717) is 35.2 Å². The quantitative estimate of drug-likeness (QED) is 0.242. The summed E-state index contributed by atoms with van der Waals surface area (Å²) in [5.74, 6) is 0.600. The van der Waals surface area contributed by atoms with Crippen LogP contribution >= 0.6 is 24.4 Å². The van der Waals surface area contributed by atoms with Crippen molar-refractivity contribution in [1.29, 1.82) is 5.26 Å². The van der Waals surface area contributed by atoms with Crippen LogP contribution in [-0.4, -0.2) is 26.7 Å². The van der Waals surface area contributed by atoms with Gasteiger partial charge in [-0.25, -0.2) is 9.84 Å². The van der Waals surface area contributed by atoms with Crippen molar-refractivity contribution in [2.24, 2.45) is 4.99 Å². The number of phenolic OH excluding ortho intramolecular Hbond substituents is 1. The first kappa shape index (κ1) is 28.0. The maximum Gasteiger partial charge on any atom is 0.417 e. The maximum absolute atomic E-state index is 13.5. The van der Waals surface area contributed by atoms with Crippen LogP contribution in [0.5, 0.6) is 5.75 Å². The number of anilines is 3. The summed E-state index contributed by atoms with van der Waals surface area (Å²) < 4.78 is 40.6. The maximum atomic E-state index is 13.5. The summed E-state index contributed by atoms with van der Waals surface area (Å²) in [6.45, 7) is 9.22. The monoisotopic (exact) mass is 590 g/mol. The largest absolute Gasteiger partial charge is 0.508 e. The lowest BCUT2D eigenvalue weighted by molar-refractivity contribution is -0.137. The Kier molecular flexibility index (Phi) is 7.15. The number of aromatic hydroxyl groups is 1. The molecule has 1 saturated heterocycles. The van der Waals surface area contributed by atoms with E-state index in [9.17, 15) is 18.3 Å². The van der Waals surface area contributed by atoms with Gasteiger partial charge in [0.05, 0.1) is 23.8 Å². The van der Waals surface area contributed by atoms with Gasteiger partial charge in [-0.1, -0.05) is 6.07 Å². The number of hydrogen-bond acceptors (Lipinski definition) is 4. The number of nitrogens with one attached hydrogen (secondary N) is 1. The zero-order valence-corrected chi connectivity index (χ0v) is 23.2. The fourth-order valence-electron chi connectivity index (χ4n) is 5.09. The van der Waals surface area contributed by atoms with E-state index in [0.717, 1.165) is 29.8 Å². The van der Waals surface area contributed by atoms with Crippen LogP contribution in [0.2, 0.25) is 0 Å². The predicted molar refractivity (Wildman–Crippen MR) is 160 cm³/mol. The first-order valence-electron chi connectivity index (χ1n) is 12.4. The number of hydrogen-bond donors (Lipinski definition) is 2. The van der Waals surface area contributed by atoms with Gasteiger partial charge in [-0.2, -0.15) is 18.4 Å². The summed E-state index contributed by atoms with van der Waals surface area (Å²) in [7, 11) is 0. The Bertz CT molecular complexity index is 1680. The number of aryl methyl sites for hydroxylation is 1. The van der Waals surface area contributed by atoms with E-state index >= 15 is 0 Å². The van der Waals surface area contributed by atoms with Gasteiger partial charge in [0.15, 0.2) is 15.9 Å². The number of benzene rings is 3. The standard InChI is InChI=1S/C29H21F3N6OS2/c1-17-14-21(8-11-24(17)34-2)37-25(28(12-3-13-28)38(27(37)41)20-6-9-22(39)10-7-20)36-26(40)35-19-5-4-18(16-33)23(15-19)29(30,31)32/h4-11,14-15,39H,3,12-13H2,1H3,(H,35,40). The number of halogens is 3. The van der Waals surface area contributed by atoms with Crippen LogP contribution in [0.15, 0.2) is 65.7 Å². The molecule has 0 aromatic heterocycles. The van der Waals surface area contributed by atoms with Gasteiger partial charge in [-0.15, -0.1) is 0 Å². The fourth-order valence-corrected chi connectivity index (χ4v) is 5.77. The molecule has 0 bridgehead atoms. The first-order chi connectivity index (χ1) is 19.5. The molecular formula is C29H21F3N6OS2. The molecule has 0 amide bonds. The fraction of sp³-hybridized carbons (Fsp3) is 0.207. The molecule has 0 atom stereocenters. The van der Waals surface area contributed by atoms with Crippen LogP contribution in [0.4, 0.5) is 35.9 Å². The molecule has 12 heteroatoms. The zero-order chi connectivity index (χ0) is 29.5. The summed E-state index contributed by atoms with van der Waals surface area (Å²) in [6.07, 6.45) is -2.48. The highest BCUT2D eigenvalue weighted by atomic mass is 32.1. The van der Waals surface area contributed by atoms with Gasteiger partial charge in [0.25, 0.3) is 0 Å². The summed E-state index contributed by atoms with van der Waals surface area (Å²) in [4.78, 5) is 12.0. The van der Waals surface area contributed by atoms with E-state index in [-0.39, 0.29) is 16.5 Å². The average molecular weight is 591 g/mol. The molecule has 1 heterocycles. The molecule has 1 spiro atoms. The van der Waals surface area contributed by atoms with Gasteiger partial charge in [-0.05, 0) is 111 Å². The number of aliphatic imine (C=N–C) groups is 1. The second-order valence-electron chi connectivity index (χ2n) is 9.67. The van der Waals surface area contributed by atoms with Gasteiger partial charge in [0, 0.05) is 17.1 Å². The minimum atomic E-state index is -4.72. The summed E-state index contributed by atoms with van der Waals surface area (Å²) in [5, 5.41) is 22.1. The topological polar surface area (TPSA) is 79.2 Å². The van der Waals surface area contributed by atoms with Crippen LogP contribution in [0, 0.1) is 24.8 Å². The number of amidine groups is 1. The Labute approximate surface area is 245 Å². The third-order valence-electron chi connectivity index (χ3n) is 7.19. The molecule has 2 fully saturated rings. The second-order valence-corrected chi connectivity index (χ2v) is 10.4. The smallest absolute Gasteiger partial charge is 0.417 e. The van der Waals surface area contributed by atoms with Gasteiger partial charge >= 0.3 is 6.18 Å². The van der Waals surface area contributed by atoms with Crippen molar-refractivity contribution >= 4 is 63.2 Å². The van der Waals surface area contributed by atoms with Crippen molar-refractivity contribution < 1.29 is 18.3 Å². The molecule has 2 N–H and O–H groups in total. The molecule has 0 radical (unpaired) electrons. The van der Waals surface area contributed by atoms with Crippen LogP contribution < -0.4 is 15.1 Å². The molecule has 1 aliphatic carbocycles. The molecule has 3 aromatic carbocycles. The SMILES string of the molecule is [C-]#[N+]c1ccc(N2C(=S)N(c3ccc(O)cc3)C3(CCC3)C2=NC(=S)Nc2ccc(C#N)c(C(F)(F)F)c2)cc1C. The third kappa shape index (κ3) is 4.97. The third-order valence-corrected chi connectivity index (χ3v) is 7.75. The Morgan fingerprint density at radius 3 is 2.37 bits per heavy atom. The highest BCUT2D eigenvalue weighted by Crippen LogP contribution is 2.49. The van der Waals surface area contributed by atoms with Crippen molar-refractivity contribution in [3.8, 4) is 11.8 Å². The lowest BCUT2D eigenvalue weighted by Gasteiger charge is -2.44. The number of nitriles is 1. The first-order valence-corrected chi connectivity index (χ1v) is 13.2. The Morgan fingerprint density at radius 2 is 1.80 bits per heavy atom. The number of phenols is 1. The van der Waals surface area contributed by atoms with Crippen LogP contribution in [-0.2, 0) is 6.18 Å². The van der Waals surface area contributed by atoms with Crippen molar-refractivity contribution in [3.63, 3.8) is 0 Å². The van der Waals surface area contributed by atoms with E-state index in [1.54, 1.807) is 47.4 Å². The molecule has 41 heavy (non-hydrogen) atoms. The molecule has 3 aromatic rings. The number of rotatable bonds is 3.